The molecule has 0 atom stereocenters. The molecule has 0 aromatic heterocycles. The molecule has 416 valence electrons. The first-order valence-electron chi connectivity index (χ1n) is 17.6. The molecule has 0 saturated carbocycles. The molecule has 0 saturated heterocycles. The predicted molar refractivity (Wildman–Crippen MR) is 156 cm³/mol. The first kappa shape index (κ1) is 68.0. The van der Waals surface area contributed by atoms with E-state index in [1.165, 1.54) is 0 Å². The Hall–Kier alpha value is -1.04. The van der Waals surface area contributed by atoms with Crippen molar-refractivity contribution in [2.45, 2.75) is 153 Å². The van der Waals surface area contributed by atoms with E-state index >= 15 is 70.2 Å². The van der Waals surface area contributed by atoms with Gasteiger partial charge >= 0.3 is 370 Å². The summed E-state index contributed by atoms with van der Waals surface area (Å²) in [6.07, 6.45) is -44.7. The van der Waals surface area contributed by atoms with Gasteiger partial charge in [-0.2, -0.15) is 0 Å². The van der Waals surface area contributed by atoms with Gasteiger partial charge in [-0.3, -0.25) is 0 Å². The fraction of sp³-hybridized carbons (Fsp3) is 1.00. The van der Waals surface area contributed by atoms with Crippen LogP contribution in [0.3, 0.4) is 0 Å². The van der Waals surface area contributed by atoms with E-state index in [0.29, 0.717) is 0 Å². The molecule has 69 heavy (non-hydrogen) atoms. The van der Waals surface area contributed by atoms with Crippen molar-refractivity contribution in [1.82, 2.24) is 0 Å². The fourth-order valence-electron chi connectivity index (χ4n) is 5.09. The topological polar surface area (TPSA) is 27.7 Å². The van der Waals surface area contributed by atoms with Crippen LogP contribution in [0.5, 0.6) is 0 Å². The molecule has 0 aromatic rings. The van der Waals surface area contributed by atoms with Crippen molar-refractivity contribution >= 4 is 38.4 Å². The Kier molecular flexibility index (Phi) is 19.9. The van der Waals surface area contributed by atoms with Gasteiger partial charge in [-0.25, -0.2) is 0 Å². The van der Waals surface area contributed by atoms with Gasteiger partial charge in [-0.05, 0) is 0 Å². The summed E-state index contributed by atoms with van der Waals surface area (Å²) >= 11 is -27.9. The average molecular weight is 1330 g/mol. The Morgan fingerprint density at radius 3 is 0.565 bits per heavy atom. The van der Waals surface area contributed by atoms with Crippen LogP contribution in [0.4, 0.5) is 158 Å². The van der Waals surface area contributed by atoms with E-state index in [2.05, 4.69) is 7.56 Å². The molecule has 0 unspecified atom stereocenters. The van der Waals surface area contributed by atoms with Gasteiger partial charge in [0.05, 0.1) is 0 Å². The molecule has 3 nitrogen and oxygen atoms in total. The second-order valence-corrected chi connectivity index (χ2v) is 34.4. The molecule has 0 rings (SSSR count). The molecule has 0 N–H and O–H groups in total. The first-order chi connectivity index (χ1) is 29.8. The summed E-state index contributed by atoms with van der Waals surface area (Å²) in [7, 11) is 0. The molecule has 0 amide bonds. The Morgan fingerprint density at radius 1 is 0.246 bits per heavy atom. The molecule has 0 fully saturated rings. The molecule has 0 aliphatic rings. The predicted octanol–water partition coefficient (Wildman–Crippen LogP) is 15.1. The van der Waals surface area contributed by atoms with Crippen LogP contribution in [0, 0.1) is 0 Å². The Labute approximate surface area is 369 Å². The van der Waals surface area contributed by atoms with E-state index in [9.17, 15) is 87.8 Å². The van der Waals surface area contributed by atoms with Crippen molar-refractivity contribution in [2.24, 2.45) is 0 Å². The third-order valence-electron chi connectivity index (χ3n) is 9.13. The van der Waals surface area contributed by atoms with Crippen LogP contribution in [0.15, 0.2) is 0 Å². The van der Waals surface area contributed by atoms with Gasteiger partial charge in [0.25, 0.3) is 0 Å². The van der Waals surface area contributed by atoms with Crippen molar-refractivity contribution in [2.75, 3.05) is 13.2 Å². The third-order valence-corrected chi connectivity index (χ3v) is 38.3. The Balaban J connectivity index is 10.7. The maximum atomic E-state index is 16.3. The summed E-state index contributed by atoms with van der Waals surface area (Å²) in [5, 5.41) is 0. The normalized spacial score (nSPS) is 16.4. The number of hydrogen-bond acceptors (Lipinski definition) is 3. The summed E-state index contributed by atoms with van der Waals surface area (Å²) in [6, 6.07) is 0. The number of halogens is 36. The molecular formula is C28H26F36O3Sn2. The van der Waals surface area contributed by atoms with Gasteiger partial charge in [0.2, 0.25) is 0 Å². The van der Waals surface area contributed by atoms with E-state index in [0.717, 1.165) is 13.8 Å². The van der Waals surface area contributed by atoms with Crippen LogP contribution in [-0.4, -0.2) is 139 Å². The zero-order chi connectivity index (χ0) is 56.2. The van der Waals surface area contributed by atoms with Crippen molar-refractivity contribution < 1.29 is 166 Å². The average Bonchev–Trinajstić information content (AvgIpc) is 3.13. The van der Waals surface area contributed by atoms with E-state index < -0.39 is 191 Å². The zero-order valence-electron chi connectivity index (χ0n) is 32.9. The van der Waals surface area contributed by atoms with Crippen LogP contribution in [0.25, 0.3) is 0 Å². The monoisotopic (exact) mass is 1330 g/mol. The molecule has 0 aliphatic heterocycles. The van der Waals surface area contributed by atoms with Crippen LogP contribution in [0.1, 0.15) is 65.2 Å². The number of hydrogen-bond donors (Lipinski definition) is 0. The van der Waals surface area contributed by atoms with Crippen molar-refractivity contribution in [1.29, 1.82) is 0 Å². The molecule has 0 heterocycles. The SMILES string of the molecule is CCCCCC[O][Sn]([O][Sn]([O]CCCCCC)([C](F)(F)C(F)(F)C(F)(F)C(F)(F)F)[C](F)(F)C(F)(F)C(F)(F)C(F)(F)F)([C](F)(F)C(F)(F)C(F)(F)C(F)(F)F)[C](F)(F)C(F)(F)C(F)(F)C(F)(F)F. The molecular weight excluding hydrogens is 1310 g/mol. The van der Waals surface area contributed by atoms with Crippen LogP contribution < -0.4 is 0 Å². The maximum absolute atomic E-state index is 16.3. The molecule has 0 spiro atoms. The number of alkyl halides is 36. The molecule has 0 aromatic carbocycles. The molecule has 0 bridgehead atoms. The summed E-state index contributed by atoms with van der Waals surface area (Å²) in [5.41, 5.74) is 0. The summed E-state index contributed by atoms with van der Waals surface area (Å²) in [6.45, 7) is -5.09. The van der Waals surface area contributed by atoms with Crippen LogP contribution in [-0.2, 0) is 7.56 Å². The number of unbranched alkanes of at least 4 members (excludes halogenated alkanes) is 6. The van der Waals surface area contributed by atoms with Crippen molar-refractivity contribution in [3.8, 4) is 0 Å². The molecule has 0 radical (unpaired) electrons. The van der Waals surface area contributed by atoms with E-state index in [4.69, 9.17) is 0 Å². The summed E-state index contributed by atoms with van der Waals surface area (Å²) in [4.78, 5) is 0. The minimum absolute atomic E-state index is 0.474. The second-order valence-electron chi connectivity index (χ2n) is 14.0. The van der Waals surface area contributed by atoms with E-state index in [1.54, 1.807) is 0 Å². The quantitative estimate of drug-likeness (QED) is 0.0491. The minimum atomic E-state index is -14.0. The van der Waals surface area contributed by atoms with Gasteiger partial charge in [-0.15, -0.1) is 0 Å². The van der Waals surface area contributed by atoms with Gasteiger partial charge < -0.3 is 0 Å². The van der Waals surface area contributed by atoms with Crippen molar-refractivity contribution in [3.63, 3.8) is 0 Å². The standard InChI is InChI=1S/2C6H13O.4C4F9.O.2Sn/c2*1-2-3-4-5-6-7;4*5-1(6)2(7,8)3(9,10)4(11,12)13;;;/h2*2-6H2,1H3;;;;;;;/q2*-1;;;;;;2*+1. The van der Waals surface area contributed by atoms with Crippen LogP contribution in [0.2, 0.25) is 0 Å². The molecule has 0 aliphatic carbocycles. The summed E-state index contributed by atoms with van der Waals surface area (Å²) in [5.74, 6) is -77.1. The Morgan fingerprint density at radius 2 is 0.420 bits per heavy atom. The van der Waals surface area contributed by atoms with Gasteiger partial charge in [0, 0.05) is 0 Å². The van der Waals surface area contributed by atoms with E-state index in [-0.39, 0.29) is 0 Å². The third kappa shape index (κ3) is 10.4. The first-order valence-corrected chi connectivity index (χ1v) is 28.0. The van der Waals surface area contributed by atoms with Gasteiger partial charge in [-0.1, -0.05) is 0 Å². The fourth-order valence-corrected chi connectivity index (χ4v) is 41.2. The number of rotatable bonds is 26. The van der Waals surface area contributed by atoms with Crippen molar-refractivity contribution in [3.05, 3.63) is 0 Å². The second kappa shape index (κ2) is 20.2. The Bertz CT molecular complexity index is 1460. The van der Waals surface area contributed by atoms with Gasteiger partial charge in [0.15, 0.2) is 0 Å². The summed E-state index contributed by atoms with van der Waals surface area (Å²) < 4.78 is 493. The zero-order valence-corrected chi connectivity index (χ0v) is 38.6. The molecule has 41 heteroatoms. The van der Waals surface area contributed by atoms with Crippen LogP contribution >= 0.6 is 0 Å². The van der Waals surface area contributed by atoms with E-state index in [1.807, 2.05) is 0 Å². The van der Waals surface area contributed by atoms with Gasteiger partial charge in [0.1, 0.15) is 0 Å².